The number of phenolic OH excluding ortho intramolecular Hbond substituents is 1. The third-order valence-corrected chi connectivity index (χ3v) is 10.2. The van der Waals surface area contributed by atoms with Crippen LogP contribution >= 0.6 is 36.0 Å². The van der Waals surface area contributed by atoms with Gasteiger partial charge in [0.05, 0.1) is 34.2 Å². The van der Waals surface area contributed by atoms with Crippen molar-refractivity contribution in [1.29, 1.82) is 0 Å². The number of aromatic nitrogens is 3. The number of anilines is 4. The molecule has 0 saturated heterocycles. The second kappa shape index (κ2) is 17.5. The molecule has 0 unspecified atom stereocenters. The predicted molar refractivity (Wildman–Crippen MR) is 185 cm³/mol. The van der Waals surface area contributed by atoms with E-state index in [0.717, 1.165) is 6.07 Å². The molecule has 20 nitrogen and oxygen atoms in total. The highest BCUT2D eigenvalue weighted by molar-refractivity contribution is 7.94. The Bertz CT molecular complexity index is 2310. The molecule has 0 amide bonds. The lowest BCUT2D eigenvalue weighted by atomic mass is 10.1. The maximum Gasteiger partial charge on any atom is 0.296 e. The summed E-state index contributed by atoms with van der Waals surface area (Å²) in [7, 11) is -8.35. The normalized spacial score (nSPS) is 12.1. The van der Waals surface area contributed by atoms with Crippen molar-refractivity contribution in [3.05, 3.63) is 78.1 Å². The number of aromatic hydroxyl groups is 1. The van der Waals surface area contributed by atoms with Crippen molar-refractivity contribution < 1.29 is 59.9 Å². The first-order valence-electron chi connectivity index (χ1n) is 13.9. The summed E-state index contributed by atoms with van der Waals surface area (Å²) in [6.07, 6.45) is 0. The molecule has 0 saturated carbocycles. The van der Waals surface area contributed by atoms with Crippen LogP contribution in [0.1, 0.15) is 0 Å². The van der Waals surface area contributed by atoms with Gasteiger partial charge in [-0.3, -0.25) is 8.74 Å². The zero-order valence-electron chi connectivity index (χ0n) is 25.6. The average Bonchev–Trinajstić information content (AvgIpc) is 3.10. The van der Waals surface area contributed by atoms with Gasteiger partial charge in [0.1, 0.15) is 16.3 Å². The number of halogens is 1. The lowest BCUT2D eigenvalue weighted by Gasteiger charge is -2.12. The van der Waals surface area contributed by atoms with Crippen molar-refractivity contribution >= 4 is 101 Å². The van der Waals surface area contributed by atoms with Gasteiger partial charge in [-0.1, -0.05) is 22.2 Å². The molecule has 0 bridgehead atoms. The summed E-state index contributed by atoms with van der Waals surface area (Å²) in [5, 5.41) is 49.2. The Morgan fingerprint density at radius 3 is 2.19 bits per heavy atom. The van der Waals surface area contributed by atoms with Gasteiger partial charge in [-0.15, -0.1) is 18.9 Å². The number of phenols is 1. The Labute approximate surface area is 306 Å². The van der Waals surface area contributed by atoms with E-state index in [1.54, 1.807) is 12.1 Å². The number of hydrogen-bond donors (Lipinski definition) is 6. The molecule has 274 valence electrons. The fourth-order valence-electron chi connectivity index (χ4n) is 4.30. The monoisotopic (exact) mass is 815 g/mol. The van der Waals surface area contributed by atoms with E-state index in [2.05, 4.69) is 54.6 Å². The van der Waals surface area contributed by atoms with Crippen LogP contribution in [0, 0.1) is 0 Å². The molecule has 0 spiro atoms. The fraction of sp³-hybridized carbons (Fsp3) is 0.0741. The third-order valence-electron chi connectivity index (χ3n) is 6.48. The summed E-state index contributed by atoms with van der Waals surface area (Å²) in [5.41, 5.74) is 0.439. The summed E-state index contributed by atoms with van der Waals surface area (Å²) in [4.78, 5) is 12.0. The van der Waals surface area contributed by atoms with Crippen molar-refractivity contribution in [2.75, 3.05) is 23.0 Å². The quantitative estimate of drug-likeness (QED) is 0.0141. The number of sulfone groups is 1. The standard InChI is InChI=1S/C27H22ClN7O13S4/c28-25-31-26(29-16-5-8-18(9-6-16)51(39,40)12-11-44-50-48-46-38)33-27(32-25)30-17-7-10-19-15(13-17)14-21(49-47-45-37)23(24(19)36)35-34-20-3-1-2-4-22(20)52(41,42)43/h1-10,13-14,36-38H,11-12H2,(H,41,42,43)(H2,29,30,31,32,33). The van der Waals surface area contributed by atoms with Crippen LogP contribution in [0.3, 0.4) is 0 Å². The van der Waals surface area contributed by atoms with E-state index in [9.17, 15) is 26.5 Å². The Kier molecular flexibility index (Phi) is 13.1. The van der Waals surface area contributed by atoms with Crippen molar-refractivity contribution in [2.24, 2.45) is 10.2 Å². The lowest BCUT2D eigenvalue weighted by molar-refractivity contribution is -0.434. The van der Waals surface area contributed by atoms with Gasteiger partial charge in [-0.2, -0.15) is 23.4 Å². The molecule has 6 N–H and O–H groups in total. The second-order valence-corrected chi connectivity index (χ2v) is 14.8. The minimum atomic E-state index is -4.64. The first kappa shape index (κ1) is 38.9. The van der Waals surface area contributed by atoms with E-state index in [0.29, 0.717) is 28.8 Å². The van der Waals surface area contributed by atoms with Crippen LogP contribution in [0.5, 0.6) is 5.75 Å². The highest BCUT2D eigenvalue weighted by atomic mass is 35.5. The van der Waals surface area contributed by atoms with Crippen LogP contribution < -0.4 is 10.6 Å². The van der Waals surface area contributed by atoms with E-state index < -0.39 is 30.6 Å². The Hall–Kier alpha value is -4.28. The molecular formula is C27H22ClN7O13S4. The molecule has 0 atom stereocenters. The lowest BCUT2D eigenvalue weighted by Crippen LogP contribution is -2.11. The van der Waals surface area contributed by atoms with Crippen LogP contribution in [-0.4, -0.2) is 64.3 Å². The van der Waals surface area contributed by atoms with E-state index >= 15 is 0 Å². The Morgan fingerprint density at radius 1 is 0.827 bits per heavy atom. The highest BCUT2D eigenvalue weighted by Crippen LogP contribution is 2.45. The molecule has 0 fully saturated rings. The summed E-state index contributed by atoms with van der Waals surface area (Å²) >= 11 is 6.87. The van der Waals surface area contributed by atoms with Gasteiger partial charge in [-0.25, -0.2) is 18.9 Å². The van der Waals surface area contributed by atoms with Crippen LogP contribution in [0.2, 0.25) is 5.28 Å². The minimum Gasteiger partial charge on any atom is -0.505 e. The highest BCUT2D eigenvalue weighted by Gasteiger charge is 2.19. The molecule has 52 heavy (non-hydrogen) atoms. The fourth-order valence-corrected chi connectivity index (χ4v) is 6.99. The van der Waals surface area contributed by atoms with Gasteiger partial charge in [-0.05, 0) is 77.7 Å². The number of nitrogens with one attached hydrogen (secondary N) is 2. The number of fused-ring (bicyclic) bond motifs is 1. The van der Waals surface area contributed by atoms with E-state index in [-0.39, 0.29) is 68.4 Å². The molecule has 1 aromatic heterocycles. The topological polar surface area (TPSA) is 283 Å². The second-order valence-electron chi connectivity index (χ2n) is 9.75. The van der Waals surface area contributed by atoms with Crippen LogP contribution in [-0.2, 0) is 42.9 Å². The predicted octanol–water partition coefficient (Wildman–Crippen LogP) is 6.74. The van der Waals surface area contributed by atoms with Gasteiger partial charge >= 0.3 is 0 Å². The van der Waals surface area contributed by atoms with Gasteiger partial charge < -0.3 is 15.7 Å². The number of hydrogen-bond acceptors (Lipinski definition) is 21. The summed E-state index contributed by atoms with van der Waals surface area (Å²) in [6.45, 7) is -0.244. The molecule has 0 aliphatic rings. The van der Waals surface area contributed by atoms with Crippen molar-refractivity contribution in [3.8, 4) is 5.75 Å². The number of nitrogens with zero attached hydrogens (tertiary/aromatic N) is 5. The molecule has 25 heteroatoms. The maximum absolute atomic E-state index is 12.5. The van der Waals surface area contributed by atoms with Crippen LogP contribution in [0.4, 0.5) is 34.6 Å². The summed E-state index contributed by atoms with van der Waals surface area (Å²) in [6, 6.07) is 17.1. The molecule has 5 aromatic rings. The minimum absolute atomic E-state index is 0.00764. The van der Waals surface area contributed by atoms with E-state index in [1.165, 1.54) is 54.6 Å². The number of benzene rings is 4. The van der Waals surface area contributed by atoms with Gasteiger partial charge in [0.25, 0.3) is 10.1 Å². The van der Waals surface area contributed by atoms with Crippen molar-refractivity contribution in [2.45, 2.75) is 14.7 Å². The molecule has 0 radical (unpaired) electrons. The van der Waals surface area contributed by atoms with Gasteiger partial charge in [0.2, 0.25) is 17.2 Å². The van der Waals surface area contributed by atoms with E-state index in [1.807, 2.05) is 0 Å². The molecule has 5 rings (SSSR count). The smallest absolute Gasteiger partial charge is 0.296 e. The van der Waals surface area contributed by atoms with Crippen molar-refractivity contribution in [1.82, 2.24) is 15.0 Å². The van der Waals surface area contributed by atoms with E-state index in [4.69, 9.17) is 26.3 Å². The maximum atomic E-state index is 12.5. The zero-order chi connectivity index (χ0) is 37.3. The molecule has 0 aliphatic carbocycles. The summed E-state index contributed by atoms with van der Waals surface area (Å²) < 4.78 is 71.5. The average molecular weight is 816 g/mol. The Balaban J connectivity index is 1.35. The molecule has 4 aromatic carbocycles. The first-order valence-corrected chi connectivity index (χ1v) is 18.7. The van der Waals surface area contributed by atoms with Crippen molar-refractivity contribution in [3.63, 3.8) is 0 Å². The van der Waals surface area contributed by atoms with Gasteiger partial charge in [0, 0.05) is 16.8 Å². The van der Waals surface area contributed by atoms with Crippen LogP contribution in [0.15, 0.2) is 97.7 Å². The SMILES string of the molecule is O=S(=O)(O)c1ccccc1N=Nc1c(SOOO)cc2cc(Nc3nc(Cl)nc(Nc4ccc(S(=O)(=O)CCOSOOO)cc4)n3)ccc2c1O. The Morgan fingerprint density at radius 2 is 1.50 bits per heavy atom. The molecule has 0 aliphatic heterocycles. The molecule has 1 heterocycles. The summed E-state index contributed by atoms with van der Waals surface area (Å²) in [5.74, 6) is -0.753. The largest absolute Gasteiger partial charge is 0.505 e. The first-order chi connectivity index (χ1) is 24.9. The van der Waals surface area contributed by atoms with Crippen LogP contribution in [0.25, 0.3) is 10.8 Å². The number of rotatable bonds is 17. The third kappa shape index (κ3) is 10.2. The van der Waals surface area contributed by atoms with Gasteiger partial charge in [0.15, 0.2) is 27.9 Å². The number of azo groups is 1. The zero-order valence-corrected chi connectivity index (χ0v) is 29.6. The molecular weight excluding hydrogens is 794 g/mol.